The largest absolute Gasteiger partial charge is 0.497 e. The molecule has 0 amide bonds. The predicted octanol–water partition coefficient (Wildman–Crippen LogP) is 4.00. The third-order valence-electron chi connectivity index (χ3n) is 2.71. The minimum absolute atomic E-state index is 0.114. The Hall–Kier alpha value is -2.43. The van der Waals surface area contributed by atoms with Gasteiger partial charge in [-0.05, 0) is 38.1 Å². The maximum atomic E-state index is 13.8. The number of anilines is 1. The first-order valence-corrected chi connectivity index (χ1v) is 6.57. The molecule has 2 aromatic rings. The van der Waals surface area contributed by atoms with Crippen molar-refractivity contribution in [2.75, 3.05) is 12.8 Å². The quantitative estimate of drug-likeness (QED) is 0.846. The van der Waals surface area contributed by atoms with Crippen LogP contribution in [0.4, 0.5) is 10.1 Å². The average molecular weight is 291 g/mol. The summed E-state index contributed by atoms with van der Waals surface area (Å²) in [5.41, 5.74) is 5.99. The lowest BCUT2D eigenvalue weighted by atomic mass is 10.2. The van der Waals surface area contributed by atoms with E-state index in [0.29, 0.717) is 11.5 Å². The number of hydrogen-bond acceptors (Lipinski definition) is 4. The fourth-order valence-electron chi connectivity index (χ4n) is 1.75. The van der Waals surface area contributed by atoms with Crippen LogP contribution in [0, 0.1) is 5.82 Å². The van der Waals surface area contributed by atoms with E-state index in [1.165, 1.54) is 12.1 Å². The van der Waals surface area contributed by atoms with E-state index in [-0.39, 0.29) is 17.5 Å². The van der Waals surface area contributed by atoms with E-state index < -0.39 is 5.82 Å². The molecule has 0 bridgehead atoms. The summed E-state index contributed by atoms with van der Waals surface area (Å²) in [6, 6.07) is 9.65. The highest BCUT2D eigenvalue weighted by molar-refractivity contribution is 5.57. The highest BCUT2D eigenvalue weighted by atomic mass is 19.1. The van der Waals surface area contributed by atoms with E-state index in [1.54, 1.807) is 31.4 Å². The number of hydrogen-bond donors (Lipinski definition) is 1. The van der Waals surface area contributed by atoms with Crippen LogP contribution in [0.2, 0.25) is 0 Å². The third kappa shape index (κ3) is 3.78. The maximum absolute atomic E-state index is 13.8. The number of halogens is 1. The van der Waals surface area contributed by atoms with E-state index in [9.17, 15) is 4.39 Å². The fourth-order valence-corrected chi connectivity index (χ4v) is 1.75. The van der Waals surface area contributed by atoms with Gasteiger partial charge >= 0.3 is 0 Å². The van der Waals surface area contributed by atoms with Crippen molar-refractivity contribution in [2.45, 2.75) is 20.0 Å². The highest BCUT2D eigenvalue weighted by Gasteiger charge is 2.12. The van der Waals surface area contributed by atoms with Gasteiger partial charge in [0.1, 0.15) is 11.5 Å². The second-order valence-electron chi connectivity index (χ2n) is 4.76. The molecule has 0 spiro atoms. The number of nitrogens with two attached hydrogens (primary N) is 1. The molecule has 2 N–H and O–H groups in total. The van der Waals surface area contributed by atoms with E-state index in [1.807, 2.05) is 13.8 Å². The van der Waals surface area contributed by atoms with Crippen LogP contribution in [0.1, 0.15) is 13.8 Å². The van der Waals surface area contributed by atoms with Crippen LogP contribution in [0.15, 0.2) is 36.4 Å². The van der Waals surface area contributed by atoms with E-state index in [0.717, 1.165) is 5.75 Å². The summed E-state index contributed by atoms with van der Waals surface area (Å²) in [4.78, 5) is 0. The maximum Gasteiger partial charge on any atom is 0.167 e. The van der Waals surface area contributed by atoms with Gasteiger partial charge in [0.2, 0.25) is 0 Å². The Balaban J connectivity index is 2.25. The third-order valence-corrected chi connectivity index (χ3v) is 2.71. The lowest BCUT2D eigenvalue weighted by Crippen LogP contribution is -2.07. The zero-order valence-corrected chi connectivity index (χ0v) is 12.2. The molecule has 0 aromatic heterocycles. The van der Waals surface area contributed by atoms with Gasteiger partial charge in [-0.3, -0.25) is 0 Å². The normalized spacial score (nSPS) is 10.5. The van der Waals surface area contributed by atoms with Gasteiger partial charge in [-0.15, -0.1) is 0 Å². The average Bonchev–Trinajstić information content (AvgIpc) is 2.44. The Kier molecular flexibility index (Phi) is 4.52. The van der Waals surface area contributed by atoms with E-state index >= 15 is 0 Å². The number of methoxy groups -OCH3 is 1. The summed E-state index contributed by atoms with van der Waals surface area (Å²) in [7, 11) is 1.59. The molecule has 0 heterocycles. The summed E-state index contributed by atoms with van der Waals surface area (Å²) in [6.45, 7) is 3.64. The van der Waals surface area contributed by atoms with Crippen molar-refractivity contribution in [1.29, 1.82) is 0 Å². The van der Waals surface area contributed by atoms with Crippen molar-refractivity contribution in [3.05, 3.63) is 42.2 Å². The molecule has 0 saturated carbocycles. The Bertz CT molecular complexity index is 612. The van der Waals surface area contributed by atoms with Crippen LogP contribution < -0.4 is 19.9 Å². The van der Waals surface area contributed by atoms with Gasteiger partial charge in [0.25, 0.3) is 0 Å². The molecule has 2 rings (SSSR count). The van der Waals surface area contributed by atoms with Gasteiger partial charge in [-0.2, -0.15) is 0 Å². The van der Waals surface area contributed by atoms with Gasteiger partial charge in [-0.25, -0.2) is 4.39 Å². The predicted molar refractivity (Wildman–Crippen MR) is 79.6 cm³/mol. The second-order valence-corrected chi connectivity index (χ2v) is 4.76. The molecule has 0 aliphatic heterocycles. The molecule has 0 radical (unpaired) electrons. The monoisotopic (exact) mass is 291 g/mol. The summed E-state index contributed by atoms with van der Waals surface area (Å²) in [5.74, 6) is 1.24. The molecular formula is C16H18FNO3. The zero-order valence-electron chi connectivity index (χ0n) is 12.2. The summed E-state index contributed by atoms with van der Waals surface area (Å²) < 4.78 is 29.9. The van der Waals surface area contributed by atoms with Gasteiger partial charge < -0.3 is 19.9 Å². The van der Waals surface area contributed by atoms with Gasteiger partial charge in [-0.1, -0.05) is 0 Å². The Morgan fingerprint density at radius 1 is 1.00 bits per heavy atom. The van der Waals surface area contributed by atoms with Crippen LogP contribution >= 0.6 is 0 Å². The second kappa shape index (κ2) is 6.35. The number of benzene rings is 2. The fraction of sp³-hybridized carbons (Fsp3) is 0.250. The molecule has 5 heteroatoms. The highest BCUT2D eigenvalue weighted by Crippen LogP contribution is 2.34. The van der Waals surface area contributed by atoms with Crippen molar-refractivity contribution in [1.82, 2.24) is 0 Å². The van der Waals surface area contributed by atoms with Crippen LogP contribution in [0.5, 0.6) is 23.0 Å². The molecule has 0 saturated heterocycles. The first-order chi connectivity index (χ1) is 9.99. The molecule has 4 nitrogen and oxygen atoms in total. The Morgan fingerprint density at radius 2 is 1.62 bits per heavy atom. The number of rotatable bonds is 5. The van der Waals surface area contributed by atoms with Crippen molar-refractivity contribution >= 4 is 5.69 Å². The van der Waals surface area contributed by atoms with Crippen molar-refractivity contribution in [3.63, 3.8) is 0 Å². The smallest absolute Gasteiger partial charge is 0.167 e. The van der Waals surface area contributed by atoms with E-state index in [4.69, 9.17) is 19.9 Å². The number of nitrogen functional groups attached to an aromatic ring is 1. The van der Waals surface area contributed by atoms with Crippen LogP contribution in [0.25, 0.3) is 0 Å². The molecular weight excluding hydrogens is 273 g/mol. The standard InChI is InChI=1S/C16H18FNO3/c1-10(2)20-15-9-16(14(18)8-13(15)17)21-12-6-4-11(19-3)5-7-12/h4-10H,18H2,1-3H3. The molecule has 0 unspecified atom stereocenters. The summed E-state index contributed by atoms with van der Waals surface area (Å²) in [6.07, 6.45) is -0.142. The molecule has 0 fully saturated rings. The molecule has 0 aliphatic rings. The minimum Gasteiger partial charge on any atom is -0.497 e. The van der Waals surface area contributed by atoms with Crippen molar-refractivity contribution in [3.8, 4) is 23.0 Å². The van der Waals surface area contributed by atoms with Gasteiger partial charge in [0.15, 0.2) is 17.3 Å². The Morgan fingerprint density at radius 3 is 2.19 bits per heavy atom. The molecule has 0 aliphatic carbocycles. The summed E-state index contributed by atoms with van der Waals surface area (Å²) >= 11 is 0. The van der Waals surface area contributed by atoms with E-state index in [2.05, 4.69) is 0 Å². The molecule has 112 valence electrons. The number of ether oxygens (including phenoxy) is 3. The minimum atomic E-state index is -0.511. The molecule has 2 aromatic carbocycles. The Labute approximate surface area is 123 Å². The van der Waals surface area contributed by atoms with Crippen LogP contribution in [0.3, 0.4) is 0 Å². The first kappa shape index (κ1) is 15.0. The van der Waals surface area contributed by atoms with Crippen molar-refractivity contribution in [2.24, 2.45) is 0 Å². The zero-order chi connectivity index (χ0) is 15.4. The van der Waals surface area contributed by atoms with Crippen LogP contribution in [-0.4, -0.2) is 13.2 Å². The first-order valence-electron chi connectivity index (χ1n) is 6.57. The molecule has 21 heavy (non-hydrogen) atoms. The topological polar surface area (TPSA) is 53.7 Å². The summed E-state index contributed by atoms with van der Waals surface area (Å²) in [5, 5.41) is 0. The van der Waals surface area contributed by atoms with Gasteiger partial charge in [0.05, 0.1) is 18.9 Å². The lowest BCUT2D eigenvalue weighted by Gasteiger charge is -2.14. The SMILES string of the molecule is COc1ccc(Oc2cc(OC(C)C)c(F)cc2N)cc1. The lowest BCUT2D eigenvalue weighted by molar-refractivity contribution is 0.230. The van der Waals surface area contributed by atoms with Gasteiger partial charge in [0, 0.05) is 12.1 Å². The van der Waals surface area contributed by atoms with Crippen molar-refractivity contribution < 1.29 is 18.6 Å². The van der Waals surface area contributed by atoms with Crippen LogP contribution in [-0.2, 0) is 0 Å². The molecule has 0 atom stereocenters.